The predicted molar refractivity (Wildman–Crippen MR) is 77.2 cm³/mol. The fourth-order valence-corrected chi connectivity index (χ4v) is 1.76. The van der Waals surface area contributed by atoms with Crippen molar-refractivity contribution in [3.63, 3.8) is 0 Å². The topological polar surface area (TPSA) is 51.7 Å². The van der Waals surface area contributed by atoms with Crippen molar-refractivity contribution in [2.45, 2.75) is 31.4 Å². The van der Waals surface area contributed by atoms with E-state index in [1.807, 2.05) is 27.0 Å². The molecule has 0 saturated carbocycles. The van der Waals surface area contributed by atoms with Gasteiger partial charge in [-0.1, -0.05) is 0 Å². The number of carbonyl (C=O) groups is 1. The van der Waals surface area contributed by atoms with Crippen LogP contribution in [0.1, 0.15) is 20.8 Å². The Balaban J connectivity index is 3.03. The van der Waals surface area contributed by atoms with Crippen molar-refractivity contribution in [3.05, 3.63) is 12.3 Å². The van der Waals surface area contributed by atoms with E-state index < -0.39 is 11.7 Å². The highest BCUT2D eigenvalue weighted by Crippen LogP contribution is 2.30. The van der Waals surface area contributed by atoms with Gasteiger partial charge in [0.2, 0.25) is 0 Å². The Morgan fingerprint density at radius 1 is 1.42 bits per heavy atom. The van der Waals surface area contributed by atoms with Crippen molar-refractivity contribution in [2.75, 3.05) is 25.3 Å². The van der Waals surface area contributed by atoms with Crippen LogP contribution < -0.4 is 9.64 Å². The normalized spacial score (nSPS) is 11.1. The van der Waals surface area contributed by atoms with E-state index in [9.17, 15) is 4.79 Å². The van der Waals surface area contributed by atoms with Crippen LogP contribution in [0.5, 0.6) is 5.75 Å². The lowest BCUT2D eigenvalue weighted by Gasteiger charge is -2.25. The number of pyridine rings is 1. The number of carbonyl (C=O) groups excluding carboxylic acids is 1. The summed E-state index contributed by atoms with van der Waals surface area (Å²) < 4.78 is 10.6. The molecule has 0 unspecified atom stereocenters. The molecule has 106 valence electrons. The summed E-state index contributed by atoms with van der Waals surface area (Å²) in [6.07, 6.45) is 3.10. The number of hydrogen-bond donors (Lipinski definition) is 0. The van der Waals surface area contributed by atoms with Crippen LogP contribution in [-0.4, -0.2) is 37.1 Å². The summed E-state index contributed by atoms with van der Waals surface area (Å²) in [4.78, 5) is 17.7. The van der Waals surface area contributed by atoms with Gasteiger partial charge in [-0.25, -0.2) is 9.78 Å². The van der Waals surface area contributed by atoms with Crippen molar-refractivity contribution in [1.82, 2.24) is 4.98 Å². The summed E-state index contributed by atoms with van der Waals surface area (Å²) in [5, 5.41) is 0.811. The molecule has 0 spiro atoms. The van der Waals surface area contributed by atoms with Crippen LogP contribution in [0.15, 0.2) is 17.3 Å². The number of ether oxygens (including phenoxy) is 2. The molecule has 0 atom stereocenters. The van der Waals surface area contributed by atoms with E-state index in [0.29, 0.717) is 11.4 Å². The molecule has 0 aromatic carbocycles. The average molecular weight is 284 g/mol. The van der Waals surface area contributed by atoms with Crippen LogP contribution in [0.4, 0.5) is 10.5 Å². The summed E-state index contributed by atoms with van der Waals surface area (Å²) in [5.74, 6) is 0.533. The first-order chi connectivity index (χ1) is 8.78. The SMILES string of the molecule is COc1cnc(SC)cc1N(C)C(=O)OC(C)(C)C. The van der Waals surface area contributed by atoms with Gasteiger partial charge in [-0.15, -0.1) is 11.8 Å². The first kappa shape index (κ1) is 15.6. The van der Waals surface area contributed by atoms with E-state index in [2.05, 4.69) is 4.98 Å². The molecule has 0 N–H and O–H groups in total. The van der Waals surface area contributed by atoms with Gasteiger partial charge in [0.15, 0.2) is 5.75 Å². The van der Waals surface area contributed by atoms with E-state index in [1.54, 1.807) is 26.4 Å². The number of rotatable bonds is 3. The van der Waals surface area contributed by atoms with E-state index in [-0.39, 0.29) is 0 Å². The van der Waals surface area contributed by atoms with Gasteiger partial charge < -0.3 is 9.47 Å². The Kier molecular flexibility index (Phi) is 5.05. The van der Waals surface area contributed by atoms with Gasteiger partial charge in [-0.2, -0.15) is 0 Å². The zero-order valence-corrected chi connectivity index (χ0v) is 13.0. The molecule has 6 heteroatoms. The van der Waals surface area contributed by atoms with E-state index in [4.69, 9.17) is 9.47 Å². The summed E-state index contributed by atoms with van der Waals surface area (Å²) in [6.45, 7) is 5.49. The molecule has 1 heterocycles. The van der Waals surface area contributed by atoms with Crippen molar-refractivity contribution < 1.29 is 14.3 Å². The van der Waals surface area contributed by atoms with Crippen molar-refractivity contribution in [2.24, 2.45) is 0 Å². The van der Waals surface area contributed by atoms with Crippen LogP contribution in [0, 0.1) is 0 Å². The van der Waals surface area contributed by atoms with Crippen molar-refractivity contribution in [3.8, 4) is 5.75 Å². The standard InChI is InChI=1S/C13H20N2O3S/c1-13(2,3)18-12(16)15(4)9-7-11(19-6)14-8-10(9)17-5/h7-8H,1-6H3. The average Bonchev–Trinajstić information content (AvgIpc) is 2.35. The number of aromatic nitrogens is 1. The van der Waals surface area contributed by atoms with Crippen LogP contribution in [-0.2, 0) is 4.74 Å². The first-order valence-corrected chi connectivity index (χ1v) is 7.05. The quantitative estimate of drug-likeness (QED) is 0.798. The zero-order valence-electron chi connectivity index (χ0n) is 12.2. The molecule has 1 rings (SSSR count). The molecule has 0 radical (unpaired) electrons. The van der Waals surface area contributed by atoms with E-state index in [0.717, 1.165) is 5.03 Å². The third-order valence-corrected chi connectivity index (χ3v) is 2.92. The molecule has 0 saturated heterocycles. The molecule has 1 amide bonds. The predicted octanol–water partition coefficient (Wildman–Crippen LogP) is 3.18. The Morgan fingerprint density at radius 3 is 2.53 bits per heavy atom. The molecule has 1 aromatic heterocycles. The van der Waals surface area contributed by atoms with Gasteiger partial charge in [-0.3, -0.25) is 4.90 Å². The molecule has 0 aliphatic rings. The second kappa shape index (κ2) is 6.14. The molecule has 0 aliphatic heterocycles. The number of thioether (sulfide) groups is 1. The third-order valence-electron chi connectivity index (χ3n) is 2.28. The van der Waals surface area contributed by atoms with Crippen molar-refractivity contribution >= 4 is 23.5 Å². The fraction of sp³-hybridized carbons (Fsp3) is 0.538. The summed E-state index contributed by atoms with van der Waals surface area (Å²) >= 11 is 1.50. The zero-order chi connectivity index (χ0) is 14.6. The minimum Gasteiger partial charge on any atom is -0.493 e. The monoisotopic (exact) mass is 284 g/mol. The number of methoxy groups -OCH3 is 1. The Bertz CT molecular complexity index is 458. The maximum absolute atomic E-state index is 12.0. The second-order valence-corrected chi connectivity index (χ2v) is 5.76. The van der Waals surface area contributed by atoms with Crippen molar-refractivity contribution in [1.29, 1.82) is 0 Å². The number of anilines is 1. The highest BCUT2D eigenvalue weighted by molar-refractivity contribution is 7.98. The van der Waals surface area contributed by atoms with Crippen LogP contribution in [0.3, 0.4) is 0 Å². The van der Waals surface area contributed by atoms with Gasteiger partial charge in [0.1, 0.15) is 5.60 Å². The lowest BCUT2D eigenvalue weighted by molar-refractivity contribution is 0.0588. The Morgan fingerprint density at radius 2 is 2.05 bits per heavy atom. The highest BCUT2D eigenvalue weighted by atomic mass is 32.2. The van der Waals surface area contributed by atoms with E-state index >= 15 is 0 Å². The molecular formula is C13H20N2O3S. The Hall–Kier alpha value is -1.43. The minimum atomic E-state index is -0.534. The second-order valence-electron chi connectivity index (χ2n) is 4.94. The summed E-state index contributed by atoms with van der Waals surface area (Å²) in [7, 11) is 3.19. The van der Waals surface area contributed by atoms with Gasteiger partial charge in [0.25, 0.3) is 0 Å². The third kappa shape index (κ3) is 4.31. The number of hydrogen-bond acceptors (Lipinski definition) is 5. The maximum Gasteiger partial charge on any atom is 0.414 e. The smallest absolute Gasteiger partial charge is 0.414 e. The lowest BCUT2D eigenvalue weighted by atomic mass is 10.2. The van der Waals surface area contributed by atoms with Crippen LogP contribution in [0.2, 0.25) is 0 Å². The minimum absolute atomic E-state index is 0.427. The fourth-order valence-electron chi connectivity index (χ4n) is 1.37. The van der Waals surface area contributed by atoms with Gasteiger partial charge in [0, 0.05) is 7.05 Å². The molecular weight excluding hydrogens is 264 g/mol. The molecule has 0 fully saturated rings. The Labute approximate surface area is 118 Å². The van der Waals surface area contributed by atoms with Gasteiger partial charge in [-0.05, 0) is 33.1 Å². The summed E-state index contributed by atoms with van der Waals surface area (Å²) in [6, 6.07) is 1.80. The molecule has 0 bridgehead atoms. The first-order valence-electron chi connectivity index (χ1n) is 5.83. The molecule has 19 heavy (non-hydrogen) atoms. The van der Waals surface area contributed by atoms with Crippen LogP contribution in [0.25, 0.3) is 0 Å². The lowest BCUT2D eigenvalue weighted by Crippen LogP contribution is -2.34. The number of nitrogens with zero attached hydrogens (tertiary/aromatic N) is 2. The molecule has 5 nitrogen and oxygen atoms in total. The summed E-state index contributed by atoms with van der Waals surface area (Å²) in [5.41, 5.74) is 0.101. The van der Waals surface area contributed by atoms with E-state index in [1.165, 1.54) is 16.7 Å². The maximum atomic E-state index is 12.0. The molecule has 1 aromatic rings. The van der Waals surface area contributed by atoms with Gasteiger partial charge in [0.05, 0.1) is 24.0 Å². The largest absolute Gasteiger partial charge is 0.493 e. The number of amides is 1. The van der Waals surface area contributed by atoms with Crippen LogP contribution >= 0.6 is 11.8 Å². The van der Waals surface area contributed by atoms with Gasteiger partial charge >= 0.3 is 6.09 Å². The molecule has 0 aliphatic carbocycles. The highest BCUT2D eigenvalue weighted by Gasteiger charge is 2.23.